The van der Waals surface area contributed by atoms with Crippen molar-refractivity contribution in [1.29, 1.82) is 0 Å². The molecule has 2 amide bonds. The molecule has 0 aliphatic carbocycles. The first-order valence-electron chi connectivity index (χ1n) is 7.28. The zero-order valence-electron chi connectivity index (χ0n) is 12.9. The van der Waals surface area contributed by atoms with Gasteiger partial charge in [-0.3, -0.25) is 0 Å². The SMILES string of the molecule is CCN(Cc1ccccc1)C(=O)Nc1ccc(Cl)c(C(F)(F)F)c1. The number of hydrogen-bond acceptors (Lipinski definition) is 1. The van der Waals surface area contributed by atoms with Gasteiger partial charge in [-0.2, -0.15) is 13.2 Å². The van der Waals surface area contributed by atoms with Crippen molar-refractivity contribution >= 4 is 23.3 Å². The fourth-order valence-corrected chi connectivity index (χ4v) is 2.38. The normalized spacial score (nSPS) is 11.2. The average molecular weight is 357 g/mol. The van der Waals surface area contributed by atoms with Gasteiger partial charge in [-0.05, 0) is 30.7 Å². The van der Waals surface area contributed by atoms with Gasteiger partial charge in [0, 0.05) is 18.8 Å². The van der Waals surface area contributed by atoms with Crippen molar-refractivity contribution in [3.05, 3.63) is 64.7 Å². The van der Waals surface area contributed by atoms with Crippen LogP contribution in [-0.2, 0) is 12.7 Å². The molecule has 0 heterocycles. The summed E-state index contributed by atoms with van der Waals surface area (Å²) in [5.41, 5.74) is -0.00195. The van der Waals surface area contributed by atoms with Crippen molar-refractivity contribution < 1.29 is 18.0 Å². The van der Waals surface area contributed by atoms with Crippen molar-refractivity contribution in [2.75, 3.05) is 11.9 Å². The van der Waals surface area contributed by atoms with Gasteiger partial charge < -0.3 is 10.2 Å². The molecule has 0 unspecified atom stereocenters. The lowest BCUT2D eigenvalue weighted by atomic mass is 10.2. The van der Waals surface area contributed by atoms with Crippen LogP contribution in [0.15, 0.2) is 48.5 Å². The van der Waals surface area contributed by atoms with Crippen molar-refractivity contribution in [2.24, 2.45) is 0 Å². The van der Waals surface area contributed by atoms with E-state index in [2.05, 4.69) is 5.32 Å². The second-order valence-corrected chi connectivity index (χ2v) is 5.53. The molecule has 0 radical (unpaired) electrons. The molecule has 24 heavy (non-hydrogen) atoms. The van der Waals surface area contributed by atoms with Crippen molar-refractivity contribution in [3.8, 4) is 0 Å². The monoisotopic (exact) mass is 356 g/mol. The van der Waals surface area contributed by atoms with Gasteiger partial charge in [0.05, 0.1) is 10.6 Å². The van der Waals surface area contributed by atoms with E-state index in [-0.39, 0.29) is 5.69 Å². The van der Waals surface area contributed by atoms with Crippen LogP contribution in [0.4, 0.5) is 23.7 Å². The van der Waals surface area contributed by atoms with Crippen LogP contribution in [0.5, 0.6) is 0 Å². The quantitative estimate of drug-likeness (QED) is 0.780. The molecular formula is C17H16ClF3N2O. The highest BCUT2D eigenvalue weighted by atomic mass is 35.5. The first-order chi connectivity index (χ1) is 11.3. The fourth-order valence-electron chi connectivity index (χ4n) is 2.15. The Labute approximate surface area is 143 Å². The van der Waals surface area contributed by atoms with E-state index in [1.807, 2.05) is 30.3 Å². The van der Waals surface area contributed by atoms with Crippen LogP contribution < -0.4 is 5.32 Å². The Morgan fingerprint density at radius 2 is 1.83 bits per heavy atom. The summed E-state index contributed by atoms with van der Waals surface area (Å²) in [7, 11) is 0. The van der Waals surface area contributed by atoms with E-state index in [4.69, 9.17) is 11.6 Å². The molecule has 128 valence electrons. The molecular weight excluding hydrogens is 341 g/mol. The van der Waals surface area contributed by atoms with Gasteiger partial charge >= 0.3 is 12.2 Å². The molecule has 2 rings (SSSR count). The third kappa shape index (κ3) is 4.64. The minimum atomic E-state index is -4.58. The van der Waals surface area contributed by atoms with Gasteiger partial charge in [0.25, 0.3) is 0 Å². The maximum atomic E-state index is 12.9. The number of rotatable bonds is 4. The van der Waals surface area contributed by atoms with Crippen molar-refractivity contribution in [1.82, 2.24) is 4.90 Å². The first-order valence-corrected chi connectivity index (χ1v) is 7.65. The lowest BCUT2D eigenvalue weighted by Crippen LogP contribution is -2.34. The van der Waals surface area contributed by atoms with Crippen LogP contribution in [0.3, 0.4) is 0 Å². The summed E-state index contributed by atoms with van der Waals surface area (Å²) in [4.78, 5) is 13.8. The molecule has 0 spiro atoms. The Balaban J connectivity index is 2.13. The second-order valence-electron chi connectivity index (χ2n) is 5.12. The lowest BCUT2D eigenvalue weighted by Gasteiger charge is -2.22. The second kappa shape index (κ2) is 7.57. The Morgan fingerprint density at radius 1 is 1.17 bits per heavy atom. The standard InChI is InChI=1S/C17H16ClF3N2O/c1-2-23(11-12-6-4-3-5-7-12)16(24)22-13-8-9-15(18)14(10-13)17(19,20)21/h3-10H,2,11H2,1H3,(H,22,24). The van der Waals surface area contributed by atoms with Crippen molar-refractivity contribution in [3.63, 3.8) is 0 Å². The molecule has 0 aromatic heterocycles. The minimum Gasteiger partial charge on any atom is -0.320 e. The summed E-state index contributed by atoms with van der Waals surface area (Å²) in [6.07, 6.45) is -4.58. The van der Waals surface area contributed by atoms with Crippen LogP contribution in [0.25, 0.3) is 0 Å². The molecule has 0 atom stereocenters. The highest BCUT2D eigenvalue weighted by Gasteiger charge is 2.33. The van der Waals surface area contributed by atoms with E-state index >= 15 is 0 Å². The third-order valence-electron chi connectivity index (χ3n) is 3.41. The Morgan fingerprint density at radius 3 is 2.42 bits per heavy atom. The number of amides is 2. The van der Waals surface area contributed by atoms with Crippen molar-refractivity contribution in [2.45, 2.75) is 19.6 Å². The Hall–Kier alpha value is -2.21. The fraction of sp³-hybridized carbons (Fsp3) is 0.235. The summed E-state index contributed by atoms with van der Waals surface area (Å²) in [5.74, 6) is 0. The number of benzene rings is 2. The highest BCUT2D eigenvalue weighted by molar-refractivity contribution is 6.31. The molecule has 0 saturated heterocycles. The van der Waals surface area contributed by atoms with E-state index in [9.17, 15) is 18.0 Å². The van der Waals surface area contributed by atoms with Gasteiger partial charge in [0.1, 0.15) is 0 Å². The number of carbonyl (C=O) groups excluding carboxylic acids is 1. The van der Waals surface area contributed by atoms with Gasteiger partial charge in [-0.25, -0.2) is 4.79 Å². The lowest BCUT2D eigenvalue weighted by molar-refractivity contribution is -0.137. The number of anilines is 1. The summed E-state index contributed by atoms with van der Waals surface area (Å²) < 4.78 is 38.6. The third-order valence-corrected chi connectivity index (χ3v) is 3.74. The maximum Gasteiger partial charge on any atom is 0.417 e. The number of nitrogens with one attached hydrogen (secondary N) is 1. The molecule has 0 fully saturated rings. The van der Waals surface area contributed by atoms with E-state index in [1.165, 1.54) is 11.0 Å². The number of nitrogens with zero attached hydrogens (tertiary/aromatic N) is 1. The molecule has 2 aromatic carbocycles. The van der Waals surface area contributed by atoms with E-state index < -0.39 is 22.8 Å². The largest absolute Gasteiger partial charge is 0.417 e. The van der Waals surface area contributed by atoms with Gasteiger partial charge in [0.2, 0.25) is 0 Å². The number of halogens is 4. The topological polar surface area (TPSA) is 32.3 Å². The predicted octanol–water partition coefficient (Wildman–Crippen LogP) is 5.41. The molecule has 1 N–H and O–H groups in total. The summed E-state index contributed by atoms with van der Waals surface area (Å²) in [6, 6.07) is 12.1. The smallest absolute Gasteiger partial charge is 0.320 e. The summed E-state index contributed by atoms with van der Waals surface area (Å²) in [6.45, 7) is 2.58. The summed E-state index contributed by atoms with van der Waals surface area (Å²) >= 11 is 5.57. The number of carbonyl (C=O) groups is 1. The number of urea groups is 1. The van der Waals surface area contributed by atoms with Crippen LogP contribution in [0.2, 0.25) is 5.02 Å². The van der Waals surface area contributed by atoms with Crippen LogP contribution in [0, 0.1) is 0 Å². The van der Waals surface area contributed by atoms with Crippen LogP contribution in [0.1, 0.15) is 18.1 Å². The zero-order valence-corrected chi connectivity index (χ0v) is 13.7. The highest BCUT2D eigenvalue weighted by Crippen LogP contribution is 2.36. The molecule has 7 heteroatoms. The molecule has 0 bridgehead atoms. The van der Waals surface area contributed by atoms with Gasteiger partial charge in [-0.15, -0.1) is 0 Å². The molecule has 0 aliphatic heterocycles. The van der Waals surface area contributed by atoms with Gasteiger partial charge in [-0.1, -0.05) is 41.9 Å². The maximum absolute atomic E-state index is 12.9. The number of hydrogen-bond donors (Lipinski definition) is 1. The van der Waals surface area contributed by atoms with E-state index in [0.29, 0.717) is 13.1 Å². The first kappa shape index (κ1) is 18.1. The Kier molecular flexibility index (Phi) is 5.72. The van der Waals surface area contributed by atoms with Crippen LogP contribution >= 0.6 is 11.6 Å². The number of alkyl halides is 3. The van der Waals surface area contributed by atoms with E-state index in [1.54, 1.807) is 6.92 Å². The average Bonchev–Trinajstić information content (AvgIpc) is 2.54. The molecule has 3 nitrogen and oxygen atoms in total. The zero-order chi connectivity index (χ0) is 17.7. The summed E-state index contributed by atoms with van der Waals surface area (Å²) in [5, 5.41) is 2.08. The molecule has 2 aromatic rings. The van der Waals surface area contributed by atoms with Crippen LogP contribution in [-0.4, -0.2) is 17.5 Å². The molecule has 0 saturated carbocycles. The van der Waals surface area contributed by atoms with Gasteiger partial charge in [0.15, 0.2) is 0 Å². The predicted molar refractivity (Wildman–Crippen MR) is 88.0 cm³/mol. The Bertz CT molecular complexity index is 705. The van der Waals surface area contributed by atoms with E-state index in [0.717, 1.165) is 17.7 Å². The molecule has 0 aliphatic rings. The minimum absolute atomic E-state index is 0.0447.